The third-order valence-electron chi connectivity index (χ3n) is 7.72. The van der Waals surface area contributed by atoms with Crippen molar-refractivity contribution in [1.29, 1.82) is 0 Å². The lowest BCUT2D eigenvalue weighted by atomic mass is 9.95. The Morgan fingerprint density at radius 1 is 0.932 bits per heavy atom. The van der Waals surface area contributed by atoms with E-state index in [-0.39, 0.29) is 29.1 Å². The van der Waals surface area contributed by atoms with E-state index in [1.165, 1.54) is 17.0 Å². The Morgan fingerprint density at radius 2 is 1.61 bits per heavy atom. The molecule has 44 heavy (non-hydrogen) atoms. The molecule has 0 unspecified atom stereocenters. The molecule has 1 saturated carbocycles. The Hall–Kier alpha value is -3.27. The molecule has 0 aliphatic heterocycles. The number of hydrogen-bond acceptors (Lipinski definition) is 5. The summed E-state index contributed by atoms with van der Waals surface area (Å²) in [5, 5.41) is 3.83. The molecule has 2 amide bonds. The van der Waals surface area contributed by atoms with Gasteiger partial charge >= 0.3 is 0 Å². The van der Waals surface area contributed by atoms with Crippen molar-refractivity contribution >= 4 is 50.7 Å². The monoisotopic (exact) mass is 659 g/mol. The van der Waals surface area contributed by atoms with Gasteiger partial charge in [-0.1, -0.05) is 85.8 Å². The second kappa shape index (κ2) is 15.6. The van der Waals surface area contributed by atoms with Crippen LogP contribution >= 0.6 is 23.2 Å². The van der Waals surface area contributed by atoms with Crippen molar-refractivity contribution in [3.63, 3.8) is 0 Å². The molecule has 8 nitrogen and oxygen atoms in total. The number of halogens is 2. The van der Waals surface area contributed by atoms with Crippen molar-refractivity contribution in [1.82, 2.24) is 10.2 Å². The van der Waals surface area contributed by atoms with Crippen molar-refractivity contribution in [2.45, 2.75) is 75.9 Å². The van der Waals surface area contributed by atoms with Crippen LogP contribution in [-0.2, 0) is 26.2 Å². The Kier molecular flexibility index (Phi) is 11.9. The van der Waals surface area contributed by atoms with E-state index in [9.17, 15) is 18.0 Å². The minimum Gasteiger partial charge on any atom is -0.492 e. The lowest BCUT2D eigenvalue weighted by Crippen LogP contribution is -2.54. The van der Waals surface area contributed by atoms with Gasteiger partial charge in [-0.25, -0.2) is 8.42 Å². The summed E-state index contributed by atoms with van der Waals surface area (Å²) in [5.74, 6) is -0.493. The van der Waals surface area contributed by atoms with E-state index < -0.39 is 28.5 Å². The van der Waals surface area contributed by atoms with Crippen LogP contribution in [0.1, 0.15) is 57.9 Å². The summed E-state index contributed by atoms with van der Waals surface area (Å²) in [6.07, 6.45) is 5.33. The number of carbonyl (C=O) groups excluding carboxylic acids is 2. The van der Waals surface area contributed by atoms with E-state index in [0.29, 0.717) is 34.4 Å². The summed E-state index contributed by atoms with van der Waals surface area (Å²) < 4.78 is 35.1. The van der Waals surface area contributed by atoms with Crippen LogP contribution in [0.5, 0.6) is 5.75 Å². The van der Waals surface area contributed by atoms with Crippen molar-refractivity contribution in [3.8, 4) is 5.75 Å². The molecular weight excluding hydrogens is 621 g/mol. The smallest absolute Gasteiger partial charge is 0.264 e. The molecule has 1 N–H and O–H groups in total. The number of nitrogens with zero attached hydrogens (tertiary/aromatic N) is 2. The SMILES string of the molecule is CCOc1ccccc1N(CC(=O)N(Cc1ccc(Cl)c(Cl)c1)[C@@H](CC)C(=O)NC1CCCCC1)S(=O)(=O)c1ccccc1. The molecule has 0 saturated heterocycles. The van der Waals surface area contributed by atoms with E-state index >= 15 is 0 Å². The van der Waals surface area contributed by atoms with Gasteiger partial charge in [-0.3, -0.25) is 13.9 Å². The van der Waals surface area contributed by atoms with Crippen LogP contribution < -0.4 is 14.4 Å². The summed E-state index contributed by atoms with van der Waals surface area (Å²) in [4.78, 5) is 29.5. The number of para-hydroxylation sites is 2. The Labute approximate surface area is 270 Å². The number of sulfonamides is 1. The standard InChI is InChI=1S/C33H39Cl2N3O5S/c1-3-29(33(40)36-25-13-7-5-8-14-25)37(22-24-19-20-27(34)28(35)21-24)32(39)23-38(30-17-11-12-18-31(30)43-4-2)44(41,42)26-15-9-6-10-16-26/h6,9-12,15-21,25,29H,3-5,7-8,13-14,22-23H2,1-2H3,(H,36,40)/t29-/m0/s1. The van der Waals surface area contributed by atoms with E-state index in [4.69, 9.17) is 27.9 Å². The number of nitrogens with one attached hydrogen (secondary N) is 1. The third-order valence-corrected chi connectivity index (χ3v) is 10.2. The van der Waals surface area contributed by atoms with E-state index in [2.05, 4.69) is 5.32 Å². The van der Waals surface area contributed by atoms with Gasteiger partial charge in [-0.05, 0) is 68.1 Å². The first-order chi connectivity index (χ1) is 21.1. The lowest BCUT2D eigenvalue weighted by molar-refractivity contribution is -0.140. The fourth-order valence-electron chi connectivity index (χ4n) is 5.47. The maximum Gasteiger partial charge on any atom is 0.264 e. The molecule has 0 heterocycles. The average Bonchev–Trinajstić information content (AvgIpc) is 3.03. The Morgan fingerprint density at radius 3 is 2.27 bits per heavy atom. The number of benzene rings is 3. The van der Waals surface area contributed by atoms with Gasteiger partial charge < -0.3 is 15.0 Å². The Bertz CT molecular complexity index is 1530. The van der Waals surface area contributed by atoms with E-state index in [1.54, 1.807) is 67.6 Å². The first-order valence-corrected chi connectivity index (χ1v) is 17.2. The largest absolute Gasteiger partial charge is 0.492 e. The van der Waals surface area contributed by atoms with Gasteiger partial charge in [0.25, 0.3) is 10.0 Å². The summed E-state index contributed by atoms with van der Waals surface area (Å²) in [7, 11) is -4.22. The van der Waals surface area contributed by atoms with Crippen molar-refractivity contribution in [3.05, 3.63) is 88.4 Å². The number of amides is 2. The molecule has 4 rings (SSSR count). The number of carbonyl (C=O) groups is 2. The molecule has 1 fully saturated rings. The molecule has 1 atom stereocenters. The molecule has 0 spiro atoms. The first-order valence-electron chi connectivity index (χ1n) is 15.0. The third kappa shape index (κ3) is 8.25. The highest BCUT2D eigenvalue weighted by Crippen LogP contribution is 2.33. The number of rotatable bonds is 13. The van der Waals surface area contributed by atoms with Gasteiger partial charge in [-0.15, -0.1) is 0 Å². The zero-order valence-electron chi connectivity index (χ0n) is 25.0. The predicted octanol–water partition coefficient (Wildman–Crippen LogP) is 6.84. The molecule has 3 aromatic carbocycles. The molecule has 0 aromatic heterocycles. The summed E-state index contributed by atoms with van der Waals surface area (Å²) in [5.41, 5.74) is 0.879. The average molecular weight is 661 g/mol. The van der Waals surface area contributed by atoms with Gasteiger partial charge in [0, 0.05) is 12.6 Å². The quantitative estimate of drug-likeness (QED) is 0.217. The van der Waals surface area contributed by atoms with Crippen LogP contribution in [0.4, 0.5) is 5.69 Å². The van der Waals surface area contributed by atoms with Gasteiger partial charge in [0.1, 0.15) is 18.3 Å². The topological polar surface area (TPSA) is 96.0 Å². The van der Waals surface area contributed by atoms with E-state index in [1.807, 2.05) is 6.92 Å². The van der Waals surface area contributed by atoms with Crippen molar-refractivity contribution in [2.24, 2.45) is 0 Å². The van der Waals surface area contributed by atoms with Crippen molar-refractivity contribution < 1.29 is 22.7 Å². The van der Waals surface area contributed by atoms with Crippen LogP contribution in [0.15, 0.2) is 77.7 Å². The fourth-order valence-corrected chi connectivity index (χ4v) is 7.24. The maximum atomic E-state index is 14.4. The molecule has 1 aliphatic rings. The number of hydrogen-bond donors (Lipinski definition) is 1. The van der Waals surface area contributed by atoms with Crippen LogP contribution in [-0.4, -0.2) is 50.4 Å². The molecule has 236 valence electrons. The van der Waals surface area contributed by atoms with Crippen LogP contribution in [0.25, 0.3) is 0 Å². The van der Waals surface area contributed by atoms with Crippen LogP contribution in [0.2, 0.25) is 10.0 Å². The lowest BCUT2D eigenvalue weighted by Gasteiger charge is -2.34. The zero-order valence-corrected chi connectivity index (χ0v) is 27.4. The summed E-state index contributed by atoms with van der Waals surface area (Å²) in [6.45, 7) is 3.40. The fraction of sp³-hybridized carbons (Fsp3) is 0.394. The molecule has 3 aromatic rings. The highest BCUT2D eigenvalue weighted by atomic mass is 35.5. The molecule has 0 radical (unpaired) electrons. The molecular formula is C33H39Cl2N3O5S. The minimum atomic E-state index is -4.22. The van der Waals surface area contributed by atoms with Gasteiger partial charge in [-0.2, -0.15) is 0 Å². The summed E-state index contributed by atoms with van der Waals surface area (Å²) >= 11 is 12.5. The highest BCUT2D eigenvalue weighted by Gasteiger charge is 2.35. The second-order valence-corrected chi connectivity index (χ2v) is 13.4. The summed E-state index contributed by atoms with van der Waals surface area (Å²) in [6, 6.07) is 18.9. The minimum absolute atomic E-state index is 0.0252. The molecule has 0 bridgehead atoms. The van der Waals surface area contributed by atoms with Crippen LogP contribution in [0, 0.1) is 0 Å². The van der Waals surface area contributed by atoms with E-state index in [0.717, 1.165) is 36.4 Å². The normalized spacial score (nSPS) is 14.5. The Balaban J connectivity index is 1.75. The number of ether oxygens (including phenoxy) is 1. The molecule has 1 aliphatic carbocycles. The van der Waals surface area contributed by atoms with Gasteiger partial charge in [0.2, 0.25) is 11.8 Å². The first kappa shape index (κ1) is 33.6. The highest BCUT2D eigenvalue weighted by molar-refractivity contribution is 7.92. The number of anilines is 1. The molecule has 11 heteroatoms. The van der Waals surface area contributed by atoms with Gasteiger partial charge in [0.15, 0.2) is 0 Å². The zero-order chi connectivity index (χ0) is 31.7. The van der Waals surface area contributed by atoms with Gasteiger partial charge in [0.05, 0.1) is 27.2 Å². The van der Waals surface area contributed by atoms with Crippen molar-refractivity contribution in [2.75, 3.05) is 17.5 Å². The predicted molar refractivity (Wildman–Crippen MR) is 175 cm³/mol. The second-order valence-electron chi connectivity index (χ2n) is 10.8. The van der Waals surface area contributed by atoms with Crippen LogP contribution in [0.3, 0.4) is 0 Å². The maximum absolute atomic E-state index is 14.4.